The molecule has 6 atom stereocenters. The number of likely N-dealkylation sites (tertiary alicyclic amines) is 6. The molecule has 0 aromatic heterocycles. The quantitative estimate of drug-likeness (QED) is 0.118. The van der Waals surface area contributed by atoms with Crippen LogP contribution in [0.3, 0.4) is 0 Å². The third kappa shape index (κ3) is 40.9. The van der Waals surface area contributed by atoms with Gasteiger partial charge in [-0.05, 0) is 152 Å². The van der Waals surface area contributed by atoms with E-state index < -0.39 is 70.4 Å². The van der Waals surface area contributed by atoms with Crippen molar-refractivity contribution in [2.24, 2.45) is 108 Å². The number of nitriles is 6. The molecule has 141 heavy (non-hydrogen) atoms. The van der Waals surface area contributed by atoms with Crippen molar-refractivity contribution in [1.82, 2.24) is 39.2 Å². The second kappa shape index (κ2) is 55.4. The van der Waals surface area contributed by atoms with Gasteiger partial charge >= 0.3 is 12.4 Å². The summed E-state index contributed by atoms with van der Waals surface area (Å²) in [6, 6.07) is 13.8. The lowest BCUT2D eigenvalue weighted by atomic mass is 9.80. The van der Waals surface area contributed by atoms with Gasteiger partial charge in [0.2, 0.25) is 47.3 Å². The topological polar surface area (TPSA) is 325 Å². The Morgan fingerprint density at radius 1 is 0.404 bits per heavy atom. The van der Waals surface area contributed by atoms with Gasteiger partial charge in [-0.1, -0.05) is 223 Å². The van der Waals surface area contributed by atoms with E-state index in [4.69, 9.17) is 36.7 Å². The van der Waals surface area contributed by atoms with E-state index in [-0.39, 0.29) is 148 Å². The smallest absolute Gasteiger partial charge is 0.383 e. The Bertz CT molecular complexity index is 4340. The second-order valence-electron chi connectivity index (χ2n) is 47.9. The molecule has 0 spiro atoms. The van der Waals surface area contributed by atoms with Crippen molar-refractivity contribution in [1.29, 1.82) is 31.6 Å². The van der Waals surface area contributed by atoms with E-state index in [1.54, 1.807) is 35.5 Å². The van der Waals surface area contributed by atoms with Crippen molar-refractivity contribution >= 4 is 47.3 Å². The predicted octanol–water partition coefficient (Wildman–Crippen LogP) is 22.3. The number of halogens is 8. The van der Waals surface area contributed by atoms with Crippen molar-refractivity contribution in [2.45, 2.75) is 346 Å². The van der Waals surface area contributed by atoms with Gasteiger partial charge in [0.05, 0.1) is 72.2 Å². The highest BCUT2D eigenvalue weighted by atomic mass is 19.4. The fourth-order valence-electron chi connectivity index (χ4n) is 18.8. The first-order chi connectivity index (χ1) is 64.8. The molecule has 7 fully saturated rings. The van der Waals surface area contributed by atoms with Crippen molar-refractivity contribution in [3.63, 3.8) is 0 Å². The highest BCUT2D eigenvalue weighted by molar-refractivity contribution is 5.85. The first-order valence-corrected chi connectivity index (χ1v) is 51.3. The van der Waals surface area contributed by atoms with Gasteiger partial charge < -0.3 is 44.3 Å². The lowest BCUT2D eigenvalue weighted by molar-refractivity contribution is -0.223. The van der Waals surface area contributed by atoms with Crippen LogP contribution in [0, 0.1) is 176 Å². The van der Waals surface area contributed by atoms with Gasteiger partial charge in [0, 0.05) is 172 Å². The molecule has 0 radical (unpaired) electrons. The average molecular weight is 1990 g/mol. The zero-order chi connectivity index (χ0) is 109. The summed E-state index contributed by atoms with van der Waals surface area (Å²) in [4.78, 5) is 111. The minimum atomic E-state index is -4.57. The maximum atomic E-state index is 14.6. The second-order valence-corrected chi connectivity index (χ2v) is 47.9. The number of allylic oxidation sites excluding steroid dienone is 2. The summed E-state index contributed by atoms with van der Waals surface area (Å²) >= 11 is 0. The molecule has 8 heterocycles. The van der Waals surface area contributed by atoms with Gasteiger partial charge in [-0.2, -0.15) is 57.9 Å². The number of hydrogen-bond donors (Lipinski definition) is 1. The molecule has 8 amide bonds. The summed E-state index contributed by atoms with van der Waals surface area (Å²) in [5.41, 5.74) is -2.75. The SMILES string of the molecule is C=C(C1CCN(C(=O)C(C)(C)C)CC1)C(F)(F)F.C=CCC(C#N)C1CCN(C(=O)C(C)(C)C)CC1.CC(C)(C)C(=O)N1CC=C(C2(C#N)CC2)CC1.CC(C)(C)C(=O)N1CCC(C(C#N)CCF)CC1.CC(C)(C)C(=O)N1CCC(C(O)C(F)(F)F)CC1.CCC(C#N)C1(F)CCN(C(=O)C(C)(C)C)CC1.CCC(C#N)C1=CCN(C(=O)C(C)(C)C)CC1.CCC(C#N)C1CCN(C(=O)C(C)(C)C)CC1. The number of carbonyl (C=O) groups is 8. The lowest BCUT2D eigenvalue weighted by Gasteiger charge is -2.40. The first kappa shape index (κ1) is 128. The van der Waals surface area contributed by atoms with Crippen molar-refractivity contribution < 1.29 is 78.6 Å². The van der Waals surface area contributed by atoms with Gasteiger partial charge in [0.1, 0.15) is 5.67 Å². The molecular formula is C110H176F8N14O9. The number of piperidine rings is 6. The van der Waals surface area contributed by atoms with Crippen LogP contribution in [0.5, 0.6) is 0 Å². The molecular weight excluding hydrogens is 1810 g/mol. The maximum absolute atomic E-state index is 14.6. The normalized spacial score (nSPS) is 20.0. The summed E-state index contributed by atoms with van der Waals surface area (Å²) in [5, 5.41) is 63.5. The summed E-state index contributed by atoms with van der Waals surface area (Å²) in [6.45, 7) is 67.6. The van der Waals surface area contributed by atoms with Crippen molar-refractivity contribution in [3.8, 4) is 36.4 Å². The zero-order valence-electron chi connectivity index (χ0n) is 90.9. The minimum absolute atomic E-state index is 0.00132. The summed E-state index contributed by atoms with van der Waals surface area (Å²) < 4.78 is 101. The number of rotatable bonds is 15. The molecule has 1 aliphatic carbocycles. The molecule has 0 bridgehead atoms. The van der Waals surface area contributed by atoms with Crippen LogP contribution in [-0.2, 0) is 38.4 Å². The predicted molar refractivity (Wildman–Crippen MR) is 537 cm³/mol. The van der Waals surface area contributed by atoms with E-state index in [1.165, 1.54) is 11.1 Å². The van der Waals surface area contributed by atoms with Gasteiger partial charge in [-0.25, -0.2) is 4.39 Å². The van der Waals surface area contributed by atoms with Crippen LogP contribution >= 0.6 is 0 Å². The Balaban J connectivity index is 0.000000545. The Kier molecular flexibility index (Phi) is 50.3. The van der Waals surface area contributed by atoms with Crippen LogP contribution in [0.2, 0.25) is 0 Å². The number of alkyl halides is 8. The average Bonchev–Trinajstić information content (AvgIpc) is 1.61. The van der Waals surface area contributed by atoms with Crippen LogP contribution in [0.25, 0.3) is 0 Å². The largest absolute Gasteiger partial charge is 0.414 e. The van der Waals surface area contributed by atoms with Gasteiger partial charge in [-0.3, -0.25) is 42.7 Å². The number of carbonyl (C=O) groups excluding carboxylic acids is 8. The van der Waals surface area contributed by atoms with E-state index in [9.17, 15) is 73.5 Å². The molecule has 796 valence electrons. The van der Waals surface area contributed by atoms with E-state index in [0.29, 0.717) is 89.9 Å². The Hall–Kier alpha value is -8.94. The number of aliphatic hydroxyl groups excluding tert-OH is 1. The zero-order valence-corrected chi connectivity index (χ0v) is 90.9. The third-order valence-corrected chi connectivity index (χ3v) is 28.0. The Morgan fingerprint density at radius 2 is 0.709 bits per heavy atom. The Labute approximate surface area is 842 Å². The van der Waals surface area contributed by atoms with Crippen LogP contribution in [-0.4, -0.2) is 227 Å². The molecule has 0 aromatic carbocycles. The van der Waals surface area contributed by atoms with Crippen molar-refractivity contribution in [3.05, 3.63) is 48.1 Å². The van der Waals surface area contributed by atoms with E-state index in [2.05, 4.69) is 68.6 Å². The lowest BCUT2D eigenvalue weighted by Crippen LogP contribution is -2.50. The van der Waals surface area contributed by atoms with Gasteiger partial charge in [-0.15, -0.1) is 6.58 Å². The molecule has 6 saturated heterocycles. The molecule has 1 N–H and O–H groups in total. The summed E-state index contributed by atoms with van der Waals surface area (Å²) in [5.74, 6) is 0.343. The molecule has 23 nitrogen and oxygen atoms in total. The fraction of sp³-hybridized carbons (Fsp3) is 0.800. The molecule has 31 heteroatoms. The third-order valence-electron chi connectivity index (χ3n) is 28.0. The summed E-state index contributed by atoms with van der Waals surface area (Å²) in [6.07, 6.45) is 9.05. The van der Waals surface area contributed by atoms with E-state index in [1.807, 2.05) is 190 Å². The molecule has 1 saturated carbocycles. The highest BCUT2D eigenvalue weighted by Crippen LogP contribution is 2.53. The van der Waals surface area contributed by atoms with Crippen LogP contribution in [0.1, 0.15) is 322 Å². The monoisotopic (exact) mass is 1990 g/mol. The Morgan fingerprint density at radius 3 is 0.950 bits per heavy atom. The first-order valence-electron chi connectivity index (χ1n) is 51.3. The molecule has 8 aliphatic heterocycles. The van der Waals surface area contributed by atoms with E-state index >= 15 is 0 Å². The molecule has 0 aromatic rings. The maximum Gasteiger partial charge on any atom is 0.414 e. The van der Waals surface area contributed by atoms with Gasteiger partial charge in [0.25, 0.3) is 0 Å². The number of hydrogen-bond acceptors (Lipinski definition) is 15. The molecule has 9 aliphatic rings. The fourth-order valence-corrected chi connectivity index (χ4v) is 18.8. The van der Waals surface area contributed by atoms with Crippen LogP contribution in [0.4, 0.5) is 35.1 Å². The van der Waals surface area contributed by atoms with E-state index in [0.717, 1.165) is 123 Å². The van der Waals surface area contributed by atoms with Gasteiger partial charge in [0.15, 0.2) is 6.10 Å². The minimum Gasteiger partial charge on any atom is -0.383 e. The number of nitrogens with zero attached hydrogens (tertiary/aromatic N) is 14. The highest BCUT2D eigenvalue weighted by Gasteiger charge is 2.50. The standard InChI is InChI=1S/C15H24N2O.2C14H23FN2O.C14H20N2O.C14H24N2O.C14H22N2O.C13H20F3NO.C12H20F3NO2/c1-5-6-13(11-16)12-7-9-17(10-8-12)14(18)15(2,3)4;1-14(2,3)13(18)17-8-5-11(6-9-17)12(10-16)4-7-15;1-5-11(10-16)14(15)6-8-17(9-7-14)12(18)13(2,3)4;1-13(2,3)12(17)16-8-4-11(5-9-16)14(10-15)6-7-14;2*1-5-11(10-15)12-6-8-16(9-7-12)13(17)14(2,3)4;1-9(13(14,15)16)10-5-7-17(8-6-10)11(18)12(2,3)4;1-11(2,3)10(18)16-6-4-8(5-7-16)9(17)12(13,14)15/h5,12-13H,1,6-10H2,2-4H3;11-12H,4-9H2,1-3H3;11H,5-9H2,1-4H3;4H,5-9H2,1-3H3;11-12H,5-9H2,1-4H3;6,11H,5,7-9H2,1-4H3;10H,1,5-8H2,2-4H3;8-9,17H,4-7H2,1-3H3. The van der Waals surface area contributed by atoms with Crippen LogP contribution in [0.15, 0.2) is 48.1 Å². The molecule has 6 unspecified atom stereocenters. The summed E-state index contributed by atoms with van der Waals surface area (Å²) in [7, 11) is 0. The van der Waals surface area contributed by atoms with Crippen molar-refractivity contribution in [2.75, 3.05) is 111 Å². The molecule has 9 rings (SSSR count). The number of amides is 8. The van der Waals surface area contributed by atoms with Crippen LogP contribution < -0.4 is 0 Å². The number of aliphatic hydroxyl groups is 1.